The van der Waals surface area contributed by atoms with Crippen LogP contribution in [0.4, 0.5) is 0 Å². The van der Waals surface area contributed by atoms with Crippen molar-refractivity contribution < 1.29 is 4.79 Å². The SMILES string of the molecule is C=CCNC=CC(=O)NC(C)C. The number of nitrogens with one attached hydrogen (secondary N) is 2. The third-order valence-electron chi connectivity index (χ3n) is 1.05. The van der Waals surface area contributed by atoms with Gasteiger partial charge in [0.2, 0.25) is 5.91 Å². The second kappa shape index (κ2) is 6.46. The Morgan fingerprint density at radius 2 is 2.25 bits per heavy atom. The van der Waals surface area contributed by atoms with E-state index >= 15 is 0 Å². The molecule has 12 heavy (non-hydrogen) atoms. The van der Waals surface area contributed by atoms with Crippen molar-refractivity contribution in [1.82, 2.24) is 10.6 Å². The molecule has 2 N–H and O–H groups in total. The summed E-state index contributed by atoms with van der Waals surface area (Å²) in [6, 6.07) is 0.182. The molecule has 0 aliphatic carbocycles. The topological polar surface area (TPSA) is 41.1 Å². The van der Waals surface area contributed by atoms with Crippen LogP contribution in [0.15, 0.2) is 24.9 Å². The van der Waals surface area contributed by atoms with E-state index in [1.54, 1.807) is 12.3 Å². The molecule has 0 aromatic heterocycles. The average molecular weight is 168 g/mol. The highest BCUT2D eigenvalue weighted by Gasteiger charge is 1.95. The van der Waals surface area contributed by atoms with Crippen molar-refractivity contribution in [3.63, 3.8) is 0 Å². The van der Waals surface area contributed by atoms with Gasteiger partial charge in [0, 0.05) is 24.9 Å². The smallest absolute Gasteiger partial charge is 0.245 e. The Morgan fingerprint density at radius 3 is 2.75 bits per heavy atom. The lowest BCUT2D eigenvalue weighted by molar-refractivity contribution is -0.116. The number of carbonyl (C=O) groups excluding carboxylic acids is 1. The number of hydrogen-bond donors (Lipinski definition) is 2. The van der Waals surface area contributed by atoms with E-state index in [1.807, 2.05) is 13.8 Å². The molecule has 0 atom stereocenters. The van der Waals surface area contributed by atoms with Gasteiger partial charge in [-0.25, -0.2) is 0 Å². The van der Waals surface area contributed by atoms with Crippen LogP contribution in [0.1, 0.15) is 13.8 Å². The Kier molecular flexibility index (Phi) is 5.79. The highest BCUT2D eigenvalue weighted by Crippen LogP contribution is 1.77. The van der Waals surface area contributed by atoms with Crippen molar-refractivity contribution in [2.75, 3.05) is 6.54 Å². The second-order valence-electron chi connectivity index (χ2n) is 2.69. The monoisotopic (exact) mass is 168 g/mol. The number of amides is 1. The van der Waals surface area contributed by atoms with Crippen molar-refractivity contribution >= 4 is 5.91 Å². The predicted octanol–water partition coefficient (Wildman–Crippen LogP) is 0.800. The minimum Gasteiger partial charge on any atom is -0.387 e. The first kappa shape index (κ1) is 10.8. The van der Waals surface area contributed by atoms with E-state index in [4.69, 9.17) is 0 Å². The zero-order chi connectivity index (χ0) is 9.40. The maximum Gasteiger partial charge on any atom is 0.245 e. The maximum atomic E-state index is 11.0. The second-order valence-corrected chi connectivity index (χ2v) is 2.69. The van der Waals surface area contributed by atoms with Crippen LogP contribution in [0.25, 0.3) is 0 Å². The first-order valence-electron chi connectivity index (χ1n) is 3.98. The molecular formula is C9H16N2O. The zero-order valence-electron chi connectivity index (χ0n) is 7.63. The van der Waals surface area contributed by atoms with Crippen molar-refractivity contribution in [2.45, 2.75) is 19.9 Å². The summed E-state index contributed by atoms with van der Waals surface area (Å²) >= 11 is 0. The van der Waals surface area contributed by atoms with Gasteiger partial charge in [-0.15, -0.1) is 6.58 Å². The van der Waals surface area contributed by atoms with Crippen molar-refractivity contribution in [1.29, 1.82) is 0 Å². The summed E-state index contributed by atoms with van der Waals surface area (Å²) in [4.78, 5) is 11.0. The Morgan fingerprint density at radius 1 is 1.58 bits per heavy atom. The first-order valence-corrected chi connectivity index (χ1v) is 3.98. The molecule has 0 saturated carbocycles. The minimum absolute atomic E-state index is 0.0819. The Balaban J connectivity index is 3.53. The van der Waals surface area contributed by atoms with Crippen molar-refractivity contribution in [3.05, 3.63) is 24.9 Å². The van der Waals surface area contributed by atoms with Crippen LogP contribution >= 0.6 is 0 Å². The third kappa shape index (κ3) is 6.86. The van der Waals surface area contributed by atoms with Gasteiger partial charge in [0.15, 0.2) is 0 Å². The summed E-state index contributed by atoms with van der Waals surface area (Å²) in [7, 11) is 0. The highest BCUT2D eigenvalue weighted by atomic mass is 16.1. The summed E-state index contributed by atoms with van der Waals surface area (Å²) in [6.45, 7) is 8.04. The number of carbonyl (C=O) groups is 1. The first-order chi connectivity index (χ1) is 5.66. The van der Waals surface area contributed by atoms with Gasteiger partial charge in [0.05, 0.1) is 0 Å². The van der Waals surface area contributed by atoms with Crippen molar-refractivity contribution in [2.24, 2.45) is 0 Å². The molecule has 0 fully saturated rings. The standard InChI is InChI=1S/C9H16N2O/c1-4-6-10-7-5-9(12)11-8(2)3/h4-5,7-8,10H,1,6H2,2-3H3,(H,11,12). The Bertz CT molecular complexity index is 173. The molecule has 1 amide bonds. The maximum absolute atomic E-state index is 11.0. The molecule has 3 nitrogen and oxygen atoms in total. The molecule has 0 bridgehead atoms. The minimum atomic E-state index is -0.0819. The summed E-state index contributed by atoms with van der Waals surface area (Å²) in [5.74, 6) is -0.0819. The van der Waals surface area contributed by atoms with E-state index in [0.717, 1.165) is 0 Å². The predicted molar refractivity (Wildman–Crippen MR) is 50.6 cm³/mol. The van der Waals surface area contributed by atoms with Gasteiger partial charge in [0.1, 0.15) is 0 Å². The van der Waals surface area contributed by atoms with E-state index in [2.05, 4.69) is 17.2 Å². The summed E-state index contributed by atoms with van der Waals surface area (Å²) in [5, 5.41) is 5.61. The molecular weight excluding hydrogens is 152 g/mol. The van der Waals surface area contributed by atoms with Gasteiger partial charge in [-0.1, -0.05) is 6.08 Å². The molecule has 0 spiro atoms. The lowest BCUT2D eigenvalue weighted by atomic mass is 10.4. The summed E-state index contributed by atoms with van der Waals surface area (Å²) in [5.41, 5.74) is 0. The zero-order valence-corrected chi connectivity index (χ0v) is 7.63. The fraction of sp³-hybridized carbons (Fsp3) is 0.444. The van der Waals surface area contributed by atoms with E-state index in [9.17, 15) is 4.79 Å². The summed E-state index contributed by atoms with van der Waals surface area (Å²) in [6.07, 6.45) is 4.80. The molecule has 0 saturated heterocycles. The van der Waals surface area contributed by atoms with E-state index in [0.29, 0.717) is 6.54 Å². The normalized spacial score (nSPS) is 10.2. The molecule has 68 valence electrons. The largest absolute Gasteiger partial charge is 0.387 e. The molecule has 0 aromatic carbocycles. The fourth-order valence-corrected chi connectivity index (χ4v) is 0.619. The van der Waals surface area contributed by atoms with E-state index in [-0.39, 0.29) is 11.9 Å². The molecule has 0 aliphatic rings. The quantitative estimate of drug-likeness (QED) is 0.362. The van der Waals surface area contributed by atoms with Crippen LogP contribution in [0.2, 0.25) is 0 Å². The van der Waals surface area contributed by atoms with Crippen LogP contribution < -0.4 is 10.6 Å². The Hall–Kier alpha value is -1.25. The molecule has 0 aromatic rings. The lowest BCUT2D eigenvalue weighted by Crippen LogP contribution is -2.28. The van der Waals surface area contributed by atoms with Gasteiger partial charge in [-0.05, 0) is 13.8 Å². The molecule has 3 heteroatoms. The highest BCUT2D eigenvalue weighted by molar-refractivity contribution is 5.87. The van der Waals surface area contributed by atoms with Crippen LogP contribution in [0.3, 0.4) is 0 Å². The molecule has 0 radical (unpaired) electrons. The lowest BCUT2D eigenvalue weighted by Gasteiger charge is -2.03. The fourth-order valence-electron chi connectivity index (χ4n) is 0.619. The summed E-state index contributed by atoms with van der Waals surface area (Å²) < 4.78 is 0. The molecule has 0 rings (SSSR count). The number of hydrogen-bond acceptors (Lipinski definition) is 2. The molecule has 0 heterocycles. The Labute approximate surface area is 73.5 Å². The van der Waals surface area contributed by atoms with Crippen LogP contribution in [0, 0.1) is 0 Å². The molecule has 0 aliphatic heterocycles. The van der Waals surface area contributed by atoms with Gasteiger partial charge in [-0.3, -0.25) is 4.79 Å². The van der Waals surface area contributed by atoms with Crippen LogP contribution in [0.5, 0.6) is 0 Å². The number of rotatable bonds is 5. The average Bonchev–Trinajstić information content (AvgIpc) is 1.97. The van der Waals surface area contributed by atoms with E-state index in [1.165, 1.54) is 6.08 Å². The van der Waals surface area contributed by atoms with Gasteiger partial charge in [0.25, 0.3) is 0 Å². The molecule has 0 unspecified atom stereocenters. The van der Waals surface area contributed by atoms with Crippen molar-refractivity contribution in [3.8, 4) is 0 Å². The van der Waals surface area contributed by atoms with Gasteiger partial charge >= 0.3 is 0 Å². The van der Waals surface area contributed by atoms with E-state index < -0.39 is 0 Å². The van der Waals surface area contributed by atoms with Crippen LogP contribution in [-0.2, 0) is 4.79 Å². The van der Waals surface area contributed by atoms with Crippen LogP contribution in [-0.4, -0.2) is 18.5 Å². The third-order valence-corrected chi connectivity index (χ3v) is 1.05. The van der Waals surface area contributed by atoms with Gasteiger partial charge < -0.3 is 10.6 Å². The van der Waals surface area contributed by atoms with Gasteiger partial charge in [-0.2, -0.15) is 0 Å².